The third-order valence-electron chi connectivity index (χ3n) is 3.08. The topological polar surface area (TPSA) is 84.2 Å². The van der Waals surface area contributed by atoms with Crippen molar-refractivity contribution in [2.45, 2.75) is 32.7 Å². The maximum absolute atomic E-state index is 11.6. The molecule has 2 N–H and O–H groups in total. The highest BCUT2D eigenvalue weighted by atomic mass is 32.2. The Bertz CT molecular complexity index is 485. The average molecular weight is 297 g/mol. The van der Waals surface area contributed by atoms with Gasteiger partial charge in [-0.15, -0.1) is 11.8 Å². The number of hydrogen-bond acceptors (Lipinski definition) is 5. The normalized spacial score (nSPS) is 15.7. The van der Waals surface area contributed by atoms with Crippen molar-refractivity contribution < 1.29 is 14.1 Å². The van der Waals surface area contributed by atoms with Crippen LogP contribution in [0, 0.1) is 12.8 Å². The predicted octanol–water partition coefficient (Wildman–Crippen LogP) is 1.57. The van der Waals surface area contributed by atoms with Crippen molar-refractivity contribution in [2.24, 2.45) is 5.92 Å². The second kappa shape index (κ2) is 6.78. The fraction of sp³-hybridized carbons (Fsp3) is 0.615. The van der Waals surface area contributed by atoms with Crippen molar-refractivity contribution in [1.82, 2.24) is 10.5 Å². The number of thioether (sulfide) groups is 1. The van der Waals surface area contributed by atoms with Crippen LogP contribution in [0.25, 0.3) is 0 Å². The lowest BCUT2D eigenvalue weighted by atomic mass is 10.2. The van der Waals surface area contributed by atoms with Crippen molar-refractivity contribution in [3.8, 4) is 0 Å². The van der Waals surface area contributed by atoms with Gasteiger partial charge in [0.15, 0.2) is 5.82 Å². The van der Waals surface area contributed by atoms with Gasteiger partial charge in [0, 0.05) is 12.1 Å². The summed E-state index contributed by atoms with van der Waals surface area (Å²) in [6, 6.07) is 1.89. The third kappa shape index (κ3) is 4.88. The molecule has 2 rings (SSSR count). The van der Waals surface area contributed by atoms with E-state index >= 15 is 0 Å². The number of nitrogens with one attached hydrogen (secondary N) is 2. The molecule has 1 aliphatic rings. The van der Waals surface area contributed by atoms with E-state index in [9.17, 15) is 9.59 Å². The number of hydrogen-bond donors (Lipinski definition) is 2. The van der Waals surface area contributed by atoms with Crippen LogP contribution in [0.15, 0.2) is 10.6 Å². The Hall–Kier alpha value is -1.50. The molecule has 0 aromatic carbocycles. The van der Waals surface area contributed by atoms with Crippen LogP contribution in [-0.4, -0.2) is 34.5 Å². The molecular weight excluding hydrogens is 278 g/mol. The van der Waals surface area contributed by atoms with E-state index in [2.05, 4.69) is 15.8 Å². The van der Waals surface area contributed by atoms with Gasteiger partial charge in [0.2, 0.25) is 11.8 Å². The molecule has 6 nitrogen and oxygen atoms in total. The zero-order chi connectivity index (χ0) is 14.5. The molecule has 1 atom stereocenters. The van der Waals surface area contributed by atoms with Gasteiger partial charge in [0.1, 0.15) is 5.76 Å². The Morgan fingerprint density at radius 1 is 1.45 bits per heavy atom. The SMILES string of the molecule is Cc1cc(NC(=O)CSCC(=O)N[C@@H](C)C2CC2)no1. The Balaban J connectivity index is 1.59. The van der Waals surface area contributed by atoms with Gasteiger partial charge in [0.05, 0.1) is 11.5 Å². The first-order chi connectivity index (χ1) is 9.54. The summed E-state index contributed by atoms with van der Waals surface area (Å²) in [6.07, 6.45) is 2.40. The highest BCUT2D eigenvalue weighted by Crippen LogP contribution is 2.32. The summed E-state index contributed by atoms with van der Waals surface area (Å²) in [4.78, 5) is 23.2. The number of carbonyl (C=O) groups is 2. The van der Waals surface area contributed by atoms with E-state index in [1.807, 2.05) is 6.92 Å². The van der Waals surface area contributed by atoms with Crippen LogP contribution in [0.5, 0.6) is 0 Å². The van der Waals surface area contributed by atoms with Crippen LogP contribution in [0.2, 0.25) is 0 Å². The number of amides is 2. The molecule has 1 aromatic heterocycles. The minimum absolute atomic E-state index is 0.0144. The summed E-state index contributed by atoms with van der Waals surface area (Å²) in [5, 5.41) is 9.23. The van der Waals surface area contributed by atoms with Gasteiger partial charge in [0.25, 0.3) is 0 Å². The maximum atomic E-state index is 11.6. The van der Waals surface area contributed by atoms with Gasteiger partial charge in [-0.3, -0.25) is 9.59 Å². The van der Waals surface area contributed by atoms with E-state index in [-0.39, 0.29) is 23.6 Å². The summed E-state index contributed by atoms with van der Waals surface area (Å²) in [5.74, 6) is 1.99. The van der Waals surface area contributed by atoms with E-state index in [1.54, 1.807) is 13.0 Å². The van der Waals surface area contributed by atoms with Crippen LogP contribution in [0.1, 0.15) is 25.5 Å². The Kier molecular flexibility index (Phi) is 5.05. The van der Waals surface area contributed by atoms with Crippen LogP contribution in [0.4, 0.5) is 5.82 Å². The van der Waals surface area contributed by atoms with Crippen molar-refractivity contribution >= 4 is 29.4 Å². The Morgan fingerprint density at radius 3 is 2.75 bits per heavy atom. The van der Waals surface area contributed by atoms with E-state index < -0.39 is 0 Å². The molecule has 7 heteroatoms. The zero-order valence-electron chi connectivity index (χ0n) is 11.6. The van der Waals surface area contributed by atoms with Crippen molar-refractivity contribution in [1.29, 1.82) is 0 Å². The number of nitrogens with zero attached hydrogens (tertiary/aromatic N) is 1. The number of rotatable bonds is 7. The van der Waals surface area contributed by atoms with Gasteiger partial charge < -0.3 is 15.2 Å². The fourth-order valence-electron chi connectivity index (χ4n) is 1.85. The first-order valence-electron chi connectivity index (χ1n) is 6.65. The molecule has 1 fully saturated rings. The third-order valence-corrected chi connectivity index (χ3v) is 4.01. The molecule has 20 heavy (non-hydrogen) atoms. The van der Waals surface area contributed by atoms with E-state index in [0.29, 0.717) is 23.2 Å². The summed E-state index contributed by atoms with van der Waals surface area (Å²) >= 11 is 1.29. The van der Waals surface area contributed by atoms with Gasteiger partial charge in [-0.25, -0.2) is 0 Å². The predicted molar refractivity (Wildman–Crippen MR) is 77.5 cm³/mol. The quantitative estimate of drug-likeness (QED) is 0.798. The Labute approximate surface area is 122 Å². The second-order valence-electron chi connectivity index (χ2n) is 5.06. The standard InChI is InChI=1S/C13H19N3O3S/c1-8-5-11(16-19-8)15-13(18)7-20-6-12(17)14-9(2)10-3-4-10/h5,9-10H,3-4,6-7H2,1-2H3,(H,14,17)(H,15,16,18)/t9-/m0/s1. The molecule has 0 bridgehead atoms. The summed E-state index contributed by atoms with van der Waals surface area (Å²) in [5.41, 5.74) is 0. The molecule has 0 aliphatic heterocycles. The largest absolute Gasteiger partial charge is 0.360 e. The second-order valence-corrected chi connectivity index (χ2v) is 6.04. The van der Waals surface area contributed by atoms with Gasteiger partial charge in [-0.2, -0.15) is 0 Å². The molecule has 1 saturated carbocycles. The molecule has 110 valence electrons. The monoisotopic (exact) mass is 297 g/mol. The minimum Gasteiger partial charge on any atom is -0.360 e. The fourth-order valence-corrected chi connectivity index (χ4v) is 2.48. The molecule has 0 saturated heterocycles. The van der Waals surface area contributed by atoms with E-state index in [0.717, 1.165) is 0 Å². The first-order valence-corrected chi connectivity index (χ1v) is 7.80. The lowest BCUT2D eigenvalue weighted by Crippen LogP contribution is -2.35. The number of aryl methyl sites for hydroxylation is 1. The summed E-state index contributed by atoms with van der Waals surface area (Å²) < 4.78 is 4.84. The molecule has 2 amide bonds. The van der Waals surface area contributed by atoms with Gasteiger partial charge in [-0.05, 0) is 32.6 Å². The van der Waals surface area contributed by atoms with Crippen LogP contribution < -0.4 is 10.6 Å². The zero-order valence-corrected chi connectivity index (χ0v) is 12.5. The highest BCUT2D eigenvalue weighted by molar-refractivity contribution is 8.00. The highest BCUT2D eigenvalue weighted by Gasteiger charge is 2.28. The van der Waals surface area contributed by atoms with Crippen molar-refractivity contribution in [2.75, 3.05) is 16.8 Å². The smallest absolute Gasteiger partial charge is 0.235 e. The average Bonchev–Trinajstić information content (AvgIpc) is 3.14. The first kappa shape index (κ1) is 14.9. The molecule has 0 unspecified atom stereocenters. The van der Waals surface area contributed by atoms with Gasteiger partial charge >= 0.3 is 0 Å². The minimum atomic E-state index is -0.189. The molecular formula is C13H19N3O3S. The van der Waals surface area contributed by atoms with Crippen molar-refractivity contribution in [3.05, 3.63) is 11.8 Å². The van der Waals surface area contributed by atoms with Gasteiger partial charge in [-0.1, -0.05) is 5.16 Å². The van der Waals surface area contributed by atoms with Crippen LogP contribution in [-0.2, 0) is 9.59 Å². The van der Waals surface area contributed by atoms with Crippen LogP contribution >= 0.6 is 11.8 Å². The number of anilines is 1. The maximum Gasteiger partial charge on any atom is 0.235 e. The molecule has 0 spiro atoms. The van der Waals surface area contributed by atoms with Crippen molar-refractivity contribution in [3.63, 3.8) is 0 Å². The summed E-state index contributed by atoms with van der Waals surface area (Å²) in [7, 11) is 0. The Morgan fingerprint density at radius 2 is 2.15 bits per heavy atom. The molecule has 1 heterocycles. The number of aromatic nitrogens is 1. The molecule has 0 radical (unpaired) electrons. The summed E-state index contributed by atoms with van der Waals surface area (Å²) in [6.45, 7) is 3.78. The van der Waals surface area contributed by atoms with E-state index in [1.165, 1.54) is 24.6 Å². The number of carbonyl (C=O) groups excluding carboxylic acids is 2. The lowest BCUT2D eigenvalue weighted by molar-refractivity contribution is -0.119. The van der Waals surface area contributed by atoms with E-state index in [4.69, 9.17) is 4.52 Å². The van der Waals surface area contributed by atoms with Crippen LogP contribution in [0.3, 0.4) is 0 Å². The molecule has 1 aliphatic carbocycles. The lowest BCUT2D eigenvalue weighted by Gasteiger charge is -2.12. The molecule has 1 aromatic rings.